The third-order valence-electron chi connectivity index (χ3n) is 3.76. The molecule has 0 radical (unpaired) electrons. The third kappa shape index (κ3) is 3.28. The van der Waals surface area contributed by atoms with Crippen molar-refractivity contribution in [1.82, 2.24) is 15.1 Å². The molecule has 110 valence electrons. The van der Waals surface area contributed by atoms with E-state index in [9.17, 15) is 9.59 Å². The van der Waals surface area contributed by atoms with E-state index in [0.717, 1.165) is 18.5 Å². The van der Waals surface area contributed by atoms with Crippen molar-refractivity contribution < 1.29 is 14.7 Å². The van der Waals surface area contributed by atoms with E-state index in [1.807, 2.05) is 6.92 Å². The topological polar surface area (TPSA) is 96.3 Å². The van der Waals surface area contributed by atoms with Gasteiger partial charge in [0.2, 0.25) is 0 Å². The summed E-state index contributed by atoms with van der Waals surface area (Å²) in [5.74, 6) is -1.08. The minimum absolute atomic E-state index is 0.0215. The zero-order valence-corrected chi connectivity index (χ0v) is 11.7. The molecule has 7 heteroatoms. The maximum atomic E-state index is 11.8. The van der Waals surface area contributed by atoms with Gasteiger partial charge in [0.1, 0.15) is 0 Å². The number of aryl methyl sites for hydroxylation is 2. The summed E-state index contributed by atoms with van der Waals surface area (Å²) < 4.78 is 1.63. The van der Waals surface area contributed by atoms with Crippen LogP contribution in [0.4, 0.5) is 10.5 Å². The van der Waals surface area contributed by atoms with Crippen molar-refractivity contribution >= 4 is 17.7 Å². The van der Waals surface area contributed by atoms with Crippen molar-refractivity contribution in [3.05, 3.63) is 11.9 Å². The molecule has 7 nitrogen and oxygen atoms in total. The second-order valence-corrected chi connectivity index (χ2v) is 5.27. The van der Waals surface area contributed by atoms with Gasteiger partial charge in [0.25, 0.3) is 0 Å². The molecule has 3 N–H and O–H groups in total. The number of aromatic nitrogens is 2. The second-order valence-electron chi connectivity index (χ2n) is 5.27. The molecule has 1 aliphatic rings. The first-order valence-corrected chi connectivity index (χ1v) is 6.75. The van der Waals surface area contributed by atoms with Crippen LogP contribution in [-0.4, -0.2) is 33.4 Å². The number of rotatable bonds is 4. The third-order valence-corrected chi connectivity index (χ3v) is 3.76. The first-order valence-electron chi connectivity index (χ1n) is 6.75. The Balaban J connectivity index is 1.83. The molecule has 2 unspecified atom stereocenters. The lowest BCUT2D eigenvalue weighted by molar-refractivity contribution is -0.142. The van der Waals surface area contributed by atoms with Gasteiger partial charge in [0, 0.05) is 19.8 Å². The Morgan fingerprint density at radius 1 is 1.50 bits per heavy atom. The molecule has 1 aromatic heterocycles. The Hall–Kier alpha value is -2.05. The molecule has 0 bridgehead atoms. The highest BCUT2D eigenvalue weighted by atomic mass is 16.4. The molecule has 0 saturated heterocycles. The smallest absolute Gasteiger partial charge is 0.319 e. The fourth-order valence-corrected chi connectivity index (χ4v) is 2.72. The van der Waals surface area contributed by atoms with E-state index in [-0.39, 0.29) is 17.9 Å². The monoisotopic (exact) mass is 280 g/mol. The number of carboxylic acids is 1. The number of urea groups is 1. The van der Waals surface area contributed by atoms with Gasteiger partial charge in [-0.15, -0.1) is 0 Å². The van der Waals surface area contributed by atoms with Crippen LogP contribution in [-0.2, 0) is 11.8 Å². The summed E-state index contributed by atoms with van der Waals surface area (Å²) in [4.78, 5) is 22.9. The quantitative estimate of drug-likeness (QED) is 0.775. The average molecular weight is 280 g/mol. The predicted octanol–water partition coefficient (Wildman–Crippen LogP) is 1.35. The van der Waals surface area contributed by atoms with E-state index >= 15 is 0 Å². The number of carbonyl (C=O) groups excluding carboxylic acids is 1. The SMILES string of the molecule is Cc1nn(C)cc1NC(=O)NCC1CCCC1C(=O)O. The Labute approximate surface area is 117 Å². The van der Waals surface area contributed by atoms with Crippen LogP contribution >= 0.6 is 0 Å². The normalized spacial score (nSPS) is 21.7. The molecule has 0 spiro atoms. The number of carboxylic acid groups (broad SMARTS) is 1. The lowest BCUT2D eigenvalue weighted by Crippen LogP contribution is -2.35. The van der Waals surface area contributed by atoms with Crippen molar-refractivity contribution in [2.75, 3.05) is 11.9 Å². The van der Waals surface area contributed by atoms with Crippen molar-refractivity contribution in [3.63, 3.8) is 0 Å². The summed E-state index contributed by atoms with van der Waals surface area (Å²) in [6.45, 7) is 2.20. The van der Waals surface area contributed by atoms with Crippen LogP contribution < -0.4 is 10.6 Å². The van der Waals surface area contributed by atoms with Crippen LogP contribution in [0.5, 0.6) is 0 Å². The Morgan fingerprint density at radius 3 is 2.85 bits per heavy atom. The van der Waals surface area contributed by atoms with Crippen LogP contribution in [0, 0.1) is 18.8 Å². The molecular weight excluding hydrogens is 260 g/mol. The molecule has 2 amide bonds. The van der Waals surface area contributed by atoms with E-state index < -0.39 is 5.97 Å². The first-order chi connectivity index (χ1) is 9.47. The van der Waals surface area contributed by atoms with Crippen LogP contribution in [0.15, 0.2) is 6.20 Å². The van der Waals surface area contributed by atoms with Crippen LogP contribution in [0.1, 0.15) is 25.0 Å². The summed E-state index contributed by atoms with van der Waals surface area (Å²) >= 11 is 0. The van der Waals surface area contributed by atoms with Gasteiger partial charge in [0.05, 0.1) is 17.3 Å². The summed E-state index contributed by atoms with van der Waals surface area (Å²) in [6.07, 6.45) is 4.19. The first kappa shape index (κ1) is 14.4. The fraction of sp³-hybridized carbons (Fsp3) is 0.615. The number of hydrogen-bond acceptors (Lipinski definition) is 3. The summed E-state index contributed by atoms with van der Waals surface area (Å²) in [7, 11) is 1.78. The van der Waals surface area contributed by atoms with E-state index in [0.29, 0.717) is 18.7 Å². The lowest BCUT2D eigenvalue weighted by Gasteiger charge is -2.16. The fourth-order valence-electron chi connectivity index (χ4n) is 2.72. The van der Waals surface area contributed by atoms with Gasteiger partial charge in [0.15, 0.2) is 0 Å². The number of aliphatic carboxylic acids is 1. The minimum Gasteiger partial charge on any atom is -0.481 e. The Bertz CT molecular complexity index is 512. The minimum atomic E-state index is -0.766. The van der Waals surface area contributed by atoms with E-state index in [4.69, 9.17) is 5.11 Å². The summed E-state index contributed by atoms with van der Waals surface area (Å²) in [5.41, 5.74) is 1.40. The average Bonchev–Trinajstić information content (AvgIpc) is 2.94. The van der Waals surface area contributed by atoms with Gasteiger partial charge in [-0.05, 0) is 25.7 Å². The molecule has 20 heavy (non-hydrogen) atoms. The van der Waals surface area contributed by atoms with Crippen LogP contribution in [0.2, 0.25) is 0 Å². The van der Waals surface area contributed by atoms with E-state index in [2.05, 4.69) is 15.7 Å². The number of amides is 2. The number of hydrogen-bond donors (Lipinski definition) is 3. The summed E-state index contributed by atoms with van der Waals surface area (Å²) in [5, 5.41) is 18.7. The van der Waals surface area contributed by atoms with Crippen molar-refractivity contribution in [2.24, 2.45) is 18.9 Å². The maximum absolute atomic E-state index is 11.8. The van der Waals surface area contributed by atoms with Crippen molar-refractivity contribution in [1.29, 1.82) is 0 Å². The Morgan fingerprint density at radius 2 is 2.25 bits per heavy atom. The number of nitrogens with one attached hydrogen (secondary N) is 2. The maximum Gasteiger partial charge on any atom is 0.319 e. The molecule has 0 aromatic carbocycles. The van der Waals surface area contributed by atoms with Crippen LogP contribution in [0.3, 0.4) is 0 Å². The second kappa shape index (κ2) is 5.94. The standard InChI is InChI=1S/C13H20N4O3/c1-8-11(7-17(2)16-8)15-13(20)14-6-9-4-3-5-10(9)12(18)19/h7,9-10H,3-6H2,1-2H3,(H,18,19)(H2,14,15,20). The number of anilines is 1. The molecule has 2 atom stereocenters. The lowest BCUT2D eigenvalue weighted by atomic mass is 9.96. The van der Waals surface area contributed by atoms with E-state index in [1.54, 1.807) is 17.9 Å². The molecule has 1 aliphatic carbocycles. The molecule has 1 aromatic rings. The van der Waals surface area contributed by atoms with Gasteiger partial charge >= 0.3 is 12.0 Å². The van der Waals surface area contributed by atoms with Crippen molar-refractivity contribution in [2.45, 2.75) is 26.2 Å². The Kier molecular flexibility index (Phi) is 4.26. The zero-order chi connectivity index (χ0) is 14.7. The van der Waals surface area contributed by atoms with Gasteiger partial charge in [-0.1, -0.05) is 6.42 Å². The molecule has 1 saturated carbocycles. The predicted molar refractivity (Wildman–Crippen MR) is 73.4 cm³/mol. The van der Waals surface area contributed by atoms with Gasteiger partial charge in [-0.2, -0.15) is 5.10 Å². The number of carbonyl (C=O) groups is 2. The van der Waals surface area contributed by atoms with Gasteiger partial charge in [-0.3, -0.25) is 9.48 Å². The largest absolute Gasteiger partial charge is 0.481 e. The summed E-state index contributed by atoms with van der Waals surface area (Å²) in [6, 6.07) is -0.322. The highest BCUT2D eigenvalue weighted by Crippen LogP contribution is 2.31. The molecule has 0 aliphatic heterocycles. The van der Waals surface area contributed by atoms with E-state index in [1.165, 1.54) is 0 Å². The van der Waals surface area contributed by atoms with Crippen molar-refractivity contribution in [3.8, 4) is 0 Å². The molecule has 1 heterocycles. The highest BCUT2D eigenvalue weighted by Gasteiger charge is 2.32. The molecular formula is C13H20N4O3. The zero-order valence-electron chi connectivity index (χ0n) is 11.7. The highest BCUT2D eigenvalue weighted by molar-refractivity contribution is 5.89. The van der Waals surface area contributed by atoms with Gasteiger partial charge in [-0.25, -0.2) is 4.79 Å². The van der Waals surface area contributed by atoms with Crippen LogP contribution in [0.25, 0.3) is 0 Å². The molecule has 2 rings (SSSR count). The molecule has 1 fully saturated rings. The number of nitrogens with zero attached hydrogens (tertiary/aromatic N) is 2. The van der Waals surface area contributed by atoms with Gasteiger partial charge < -0.3 is 15.7 Å².